The van der Waals surface area contributed by atoms with E-state index in [1.807, 2.05) is 24.3 Å². The highest BCUT2D eigenvalue weighted by Gasteiger charge is 2.30. The quantitative estimate of drug-likeness (QED) is 0.811. The second kappa shape index (κ2) is 9.04. The fourth-order valence-corrected chi connectivity index (χ4v) is 5.15. The van der Waals surface area contributed by atoms with Crippen LogP contribution in [0.5, 0.6) is 5.75 Å². The number of benzene rings is 2. The highest BCUT2D eigenvalue weighted by Crippen LogP contribution is 2.33. The number of fused-ring (bicyclic) bond motifs is 1. The van der Waals surface area contributed by atoms with E-state index in [-0.39, 0.29) is 12.4 Å². The first kappa shape index (κ1) is 21.0. The van der Waals surface area contributed by atoms with Crippen LogP contribution in [0.2, 0.25) is 0 Å². The van der Waals surface area contributed by atoms with Crippen LogP contribution in [-0.4, -0.2) is 46.0 Å². The molecule has 1 aliphatic rings. The van der Waals surface area contributed by atoms with Crippen molar-refractivity contribution in [3.8, 4) is 5.75 Å². The Hall–Kier alpha value is -1.34. The lowest BCUT2D eigenvalue weighted by Crippen LogP contribution is -2.40. The minimum Gasteiger partial charge on any atom is -0.496 e. The van der Waals surface area contributed by atoms with Crippen molar-refractivity contribution in [3.05, 3.63) is 36.4 Å². The fourth-order valence-electron chi connectivity index (χ4n) is 3.49. The molecule has 0 bridgehead atoms. The van der Waals surface area contributed by atoms with Gasteiger partial charge in [0.1, 0.15) is 5.75 Å². The van der Waals surface area contributed by atoms with Crippen molar-refractivity contribution in [2.24, 2.45) is 5.92 Å². The van der Waals surface area contributed by atoms with Gasteiger partial charge >= 0.3 is 0 Å². The van der Waals surface area contributed by atoms with Crippen LogP contribution in [0.25, 0.3) is 10.8 Å². The van der Waals surface area contributed by atoms with Crippen LogP contribution in [-0.2, 0) is 10.0 Å². The fraction of sp³-hybridized carbons (Fsp3) is 0.474. The van der Waals surface area contributed by atoms with Crippen molar-refractivity contribution in [2.75, 3.05) is 33.3 Å². The van der Waals surface area contributed by atoms with E-state index >= 15 is 0 Å². The van der Waals surface area contributed by atoms with E-state index in [0.717, 1.165) is 36.7 Å². The molecule has 0 unspecified atom stereocenters. The molecular formula is C19H27ClN2O3S. The molecule has 144 valence electrons. The van der Waals surface area contributed by atoms with Crippen LogP contribution in [0.4, 0.5) is 0 Å². The SMILES string of the molecule is CCNCC1CCN(S(=O)(=O)c2ccc(OC)c3ccccc23)CC1.Cl. The summed E-state index contributed by atoms with van der Waals surface area (Å²) in [5, 5.41) is 4.90. The van der Waals surface area contributed by atoms with E-state index < -0.39 is 10.0 Å². The highest BCUT2D eigenvalue weighted by molar-refractivity contribution is 7.89. The summed E-state index contributed by atoms with van der Waals surface area (Å²) in [4.78, 5) is 0.369. The number of hydrogen-bond donors (Lipinski definition) is 1. The number of halogens is 1. The second-order valence-corrected chi connectivity index (χ2v) is 8.37. The number of methoxy groups -OCH3 is 1. The molecule has 0 aliphatic carbocycles. The van der Waals surface area contributed by atoms with E-state index in [9.17, 15) is 8.42 Å². The summed E-state index contributed by atoms with van der Waals surface area (Å²) >= 11 is 0. The molecule has 7 heteroatoms. The molecule has 1 N–H and O–H groups in total. The van der Waals surface area contributed by atoms with Crippen molar-refractivity contribution >= 4 is 33.2 Å². The zero-order valence-electron chi connectivity index (χ0n) is 15.3. The normalized spacial score (nSPS) is 16.4. The largest absolute Gasteiger partial charge is 0.496 e. The Bertz CT molecular complexity index is 834. The molecule has 26 heavy (non-hydrogen) atoms. The van der Waals surface area contributed by atoms with E-state index in [4.69, 9.17) is 4.74 Å². The van der Waals surface area contributed by atoms with E-state index in [1.54, 1.807) is 23.5 Å². The minimum absolute atomic E-state index is 0. The maximum Gasteiger partial charge on any atom is 0.243 e. The first-order chi connectivity index (χ1) is 12.1. The molecule has 0 saturated carbocycles. The molecule has 1 aliphatic heterocycles. The molecule has 2 aromatic rings. The third-order valence-electron chi connectivity index (χ3n) is 4.94. The van der Waals surface area contributed by atoms with Gasteiger partial charge in [-0.25, -0.2) is 8.42 Å². The van der Waals surface area contributed by atoms with Crippen molar-refractivity contribution in [1.82, 2.24) is 9.62 Å². The Balaban J connectivity index is 0.00000243. The van der Waals surface area contributed by atoms with E-state index in [0.29, 0.717) is 29.7 Å². The van der Waals surface area contributed by atoms with Crippen LogP contribution in [0, 0.1) is 5.92 Å². The van der Waals surface area contributed by atoms with Crippen LogP contribution in [0.1, 0.15) is 19.8 Å². The first-order valence-electron chi connectivity index (χ1n) is 8.84. The molecule has 3 rings (SSSR count). The summed E-state index contributed by atoms with van der Waals surface area (Å²) in [5.74, 6) is 1.25. The number of hydrogen-bond acceptors (Lipinski definition) is 4. The minimum atomic E-state index is -3.50. The number of rotatable bonds is 6. The maximum absolute atomic E-state index is 13.2. The second-order valence-electron chi connectivity index (χ2n) is 6.47. The summed E-state index contributed by atoms with van der Waals surface area (Å²) in [6.07, 6.45) is 1.81. The first-order valence-corrected chi connectivity index (χ1v) is 10.3. The zero-order valence-corrected chi connectivity index (χ0v) is 16.9. The van der Waals surface area contributed by atoms with E-state index in [1.165, 1.54) is 0 Å². The molecule has 0 spiro atoms. The molecule has 0 radical (unpaired) electrons. The standard InChI is InChI=1S/C19H26N2O3S.ClH/c1-3-20-14-15-10-12-21(13-11-15)25(22,23)19-9-8-18(24-2)16-6-4-5-7-17(16)19;/h4-9,15,20H,3,10-14H2,1-2H3;1H. The smallest absolute Gasteiger partial charge is 0.243 e. The van der Waals surface area contributed by atoms with Gasteiger partial charge in [-0.15, -0.1) is 12.4 Å². The molecule has 1 saturated heterocycles. The van der Waals surface area contributed by atoms with Gasteiger partial charge in [-0.1, -0.05) is 31.2 Å². The lowest BCUT2D eigenvalue weighted by atomic mass is 9.98. The Morgan fingerprint density at radius 1 is 1.12 bits per heavy atom. The summed E-state index contributed by atoms with van der Waals surface area (Å²) in [6, 6.07) is 10.9. The molecule has 0 atom stereocenters. The average molecular weight is 399 g/mol. The van der Waals surface area contributed by atoms with Crippen molar-refractivity contribution in [1.29, 1.82) is 0 Å². The number of ether oxygens (including phenoxy) is 1. The lowest BCUT2D eigenvalue weighted by molar-refractivity contribution is 0.268. The van der Waals surface area contributed by atoms with E-state index in [2.05, 4.69) is 12.2 Å². The van der Waals surface area contributed by atoms with Crippen LogP contribution >= 0.6 is 12.4 Å². The molecule has 1 heterocycles. The van der Waals surface area contributed by atoms with Gasteiger partial charge in [-0.3, -0.25) is 0 Å². The van der Waals surface area contributed by atoms with Gasteiger partial charge in [-0.2, -0.15) is 4.31 Å². The summed E-state index contributed by atoms with van der Waals surface area (Å²) in [7, 11) is -1.90. The number of nitrogens with zero attached hydrogens (tertiary/aromatic N) is 1. The molecule has 0 aromatic heterocycles. The predicted octanol–water partition coefficient (Wildman–Crippen LogP) is 3.28. The number of nitrogens with one attached hydrogen (secondary N) is 1. The van der Waals surface area contributed by atoms with Gasteiger partial charge in [0.05, 0.1) is 12.0 Å². The van der Waals surface area contributed by atoms with Gasteiger partial charge in [0.25, 0.3) is 0 Å². The Morgan fingerprint density at radius 3 is 2.38 bits per heavy atom. The van der Waals surface area contributed by atoms with Gasteiger partial charge in [0, 0.05) is 23.9 Å². The maximum atomic E-state index is 13.2. The molecule has 5 nitrogen and oxygen atoms in total. The topological polar surface area (TPSA) is 58.6 Å². The Morgan fingerprint density at radius 2 is 1.77 bits per heavy atom. The van der Waals surface area contributed by atoms with Gasteiger partial charge < -0.3 is 10.1 Å². The molecule has 0 amide bonds. The van der Waals surface area contributed by atoms with Gasteiger partial charge in [0.2, 0.25) is 10.0 Å². The Kier molecular flexibility index (Phi) is 7.29. The zero-order chi connectivity index (χ0) is 17.9. The van der Waals surface area contributed by atoms with Gasteiger partial charge in [-0.05, 0) is 44.0 Å². The van der Waals surface area contributed by atoms with Crippen molar-refractivity contribution in [2.45, 2.75) is 24.7 Å². The van der Waals surface area contributed by atoms with Crippen LogP contribution in [0.15, 0.2) is 41.3 Å². The third kappa shape index (κ3) is 4.14. The van der Waals surface area contributed by atoms with Crippen molar-refractivity contribution < 1.29 is 13.2 Å². The summed E-state index contributed by atoms with van der Waals surface area (Å²) in [6.45, 7) is 5.18. The van der Waals surface area contributed by atoms with Crippen LogP contribution < -0.4 is 10.1 Å². The van der Waals surface area contributed by atoms with Crippen molar-refractivity contribution in [3.63, 3.8) is 0 Å². The Labute approximate surface area is 162 Å². The average Bonchev–Trinajstić information content (AvgIpc) is 2.65. The number of piperidine rings is 1. The number of sulfonamides is 1. The van der Waals surface area contributed by atoms with Gasteiger partial charge in [0.15, 0.2) is 0 Å². The van der Waals surface area contributed by atoms with Crippen LogP contribution in [0.3, 0.4) is 0 Å². The lowest BCUT2D eigenvalue weighted by Gasteiger charge is -2.31. The summed E-state index contributed by atoms with van der Waals surface area (Å²) < 4.78 is 33.4. The molecular weight excluding hydrogens is 372 g/mol. The third-order valence-corrected chi connectivity index (χ3v) is 6.90. The highest BCUT2D eigenvalue weighted by atomic mass is 35.5. The molecule has 1 fully saturated rings. The molecule has 2 aromatic carbocycles. The monoisotopic (exact) mass is 398 g/mol. The summed E-state index contributed by atoms with van der Waals surface area (Å²) in [5.41, 5.74) is 0. The predicted molar refractivity (Wildman–Crippen MR) is 108 cm³/mol.